The van der Waals surface area contributed by atoms with Crippen molar-refractivity contribution in [1.29, 1.82) is 0 Å². The van der Waals surface area contributed by atoms with E-state index in [-0.39, 0.29) is 10.8 Å². The maximum absolute atomic E-state index is 11.8. The minimum atomic E-state index is -3.21. The first-order valence-electron chi connectivity index (χ1n) is 5.49. The van der Waals surface area contributed by atoms with Crippen molar-refractivity contribution in [2.24, 2.45) is 5.92 Å². The first-order chi connectivity index (χ1) is 8.34. The van der Waals surface area contributed by atoms with Crippen molar-refractivity contribution < 1.29 is 13.2 Å². The predicted molar refractivity (Wildman–Crippen MR) is 74.8 cm³/mol. The van der Waals surface area contributed by atoms with Gasteiger partial charge in [-0.3, -0.25) is 4.79 Å². The number of carbonyl (C=O) groups excluding carboxylic acids is 1. The second kappa shape index (κ2) is 6.33. The molecule has 1 amide bonds. The summed E-state index contributed by atoms with van der Waals surface area (Å²) in [4.78, 5) is 12.0. The van der Waals surface area contributed by atoms with Gasteiger partial charge in [-0.15, -0.1) is 0 Å². The summed E-state index contributed by atoms with van der Waals surface area (Å²) in [6, 6.07) is 5.92. The van der Waals surface area contributed by atoms with E-state index in [9.17, 15) is 13.2 Å². The third-order valence-electron chi connectivity index (χ3n) is 2.42. The van der Waals surface area contributed by atoms with Crippen molar-refractivity contribution in [3.8, 4) is 0 Å². The summed E-state index contributed by atoms with van der Waals surface area (Å²) in [6.07, 6.45) is 1.14. The molecule has 100 valence electrons. The third kappa shape index (κ3) is 4.42. The first-order valence-corrected chi connectivity index (χ1v) is 8.50. The van der Waals surface area contributed by atoms with E-state index in [0.29, 0.717) is 18.0 Å². The molecule has 0 aromatic heterocycles. The molecule has 1 aromatic carbocycles. The first kappa shape index (κ1) is 15.2. The molecular formula is C12H16BrNO3S. The molecule has 0 fully saturated rings. The van der Waals surface area contributed by atoms with Crippen LogP contribution in [-0.4, -0.2) is 32.5 Å². The number of halogens is 1. The average Bonchev–Trinajstić information content (AvgIpc) is 2.34. The van der Waals surface area contributed by atoms with Crippen LogP contribution < -0.4 is 5.32 Å². The molecule has 0 bridgehead atoms. The highest BCUT2D eigenvalue weighted by molar-refractivity contribution is 9.09. The zero-order valence-electron chi connectivity index (χ0n) is 10.3. The van der Waals surface area contributed by atoms with Crippen LogP contribution in [0, 0.1) is 5.92 Å². The second-order valence-corrected chi connectivity index (χ2v) is 6.93. The van der Waals surface area contributed by atoms with Crippen LogP contribution >= 0.6 is 15.9 Å². The standard InChI is InChI=1S/C12H16BrNO3S/c1-9(7-13)8-14-12(15)10-3-5-11(6-4-10)18(2,16)17/h3-6,9H,7-8H2,1-2H3,(H,14,15). The minimum absolute atomic E-state index is 0.192. The smallest absolute Gasteiger partial charge is 0.251 e. The number of carbonyl (C=O) groups is 1. The van der Waals surface area contributed by atoms with Crippen molar-refractivity contribution in [3.63, 3.8) is 0 Å². The van der Waals surface area contributed by atoms with E-state index in [2.05, 4.69) is 21.2 Å². The fourth-order valence-electron chi connectivity index (χ4n) is 1.28. The van der Waals surface area contributed by atoms with E-state index in [1.54, 1.807) is 0 Å². The van der Waals surface area contributed by atoms with Gasteiger partial charge in [0.25, 0.3) is 5.91 Å². The molecule has 0 radical (unpaired) electrons. The predicted octanol–water partition coefficient (Wildman–Crippen LogP) is 1.85. The molecule has 0 saturated carbocycles. The van der Waals surface area contributed by atoms with Crippen LogP contribution in [0.5, 0.6) is 0 Å². The number of amides is 1. The Bertz CT molecular complexity index is 511. The number of nitrogens with one attached hydrogen (secondary N) is 1. The largest absolute Gasteiger partial charge is 0.352 e. The van der Waals surface area contributed by atoms with Gasteiger partial charge in [0.15, 0.2) is 9.84 Å². The summed E-state index contributed by atoms with van der Waals surface area (Å²) in [5.41, 5.74) is 0.462. The van der Waals surface area contributed by atoms with Gasteiger partial charge in [0.1, 0.15) is 0 Å². The number of hydrogen-bond acceptors (Lipinski definition) is 3. The van der Waals surface area contributed by atoms with Crippen LogP contribution in [0.15, 0.2) is 29.2 Å². The lowest BCUT2D eigenvalue weighted by Gasteiger charge is -2.09. The Morgan fingerprint density at radius 1 is 1.33 bits per heavy atom. The molecule has 1 atom stereocenters. The molecule has 6 heteroatoms. The Morgan fingerprint density at radius 3 is 2.33 bits per heavy atom. The molecule has 0 saturated heterocycles. The number of rotatable bonds is 5. The van der Waals surface area contributed by atoms with Crippen LogP contribution in [0.2, 0.25) is 0 Å². The molecule has 1 N–H and O–H groups in total. The number of sulfone groups is 1. The summed E-state index contributed by atoms with van der Waals surface area (Å²) in [5.74, 6) is 0.159. The molecule has 0 aliphatic rings. The van der Waals surface area contributed by atoms with Gasteiger partial charge >= 0.3 is 0 Å². The van der Waals surface area contributed by atoms with Crippen molar-refractivity contribution in [1.82, 2.24) is 5.32 Å². The lowest BCUT2D eigenvalue weighted by molar-refractivity contribution is 0.0949. The zero-order valence-corrected chi connectivity index (χ0v) is 12.7. The van der Waals surface area contributed by atoms with E-state index in [0.717, 1.165) is 11.6 Å². The van der Waals surface area contributed by atoms with Crippen LogP contribution in [-0.2, 0) is 9.84 Å². The van der Waals surface area contributed by atoms with Gasteiger partial charge in [0.2, 0.25) is 0 Å². The summed E-state index contributed by atoms with van der Waals surface area (Å²) >= 11 is 3.33. The van der Waals surface area contributed by atoms with Gasteiger partial charge < -0.3 is 5.32 Å². The van der Waals surface area contributed by atoms with E-state index in [1.807, 2.05) is 6.92 Å². The van der Waals surface area contributed by atoms with Gasteiger partial charge in [-0.05, 0) is 30.2 Å². The van der Waals surface area contributed by atoms with Crippen LogP contribution in [0.1, 0.15) is 17.3 Å². The van der Waals surface area contributed by atoms with E-state index >= 15 is 0 Å². The fraction of sp³-hybridized carbons (Fsp3) is 0.417. The average molecular weight is 334 g/mol. The maximum atomic E-state index is 11.8. The lowest BCUT2D eigenvalue weighted by atomic mass is 10.2. The Kier molecular flexibility index (Phi) is 5.34. The number of alkyl halides is 1. The SMILES string of the molecule is CC(CBr)CNC(=O)c1ccc(S(C)(=O)=O)cc1. The molecule has 0 aliphatic heterocycles. The molecule has 18 heavy (non-hydrogen) atoms. The zero-order chi connectivity index (χ0) is 13.8. The maximum Gasteiger partial charge on any atom is 0.251 e. The third-order valence-corrected chi connectivity index (χ3v) is 4.65. The molecule has 0 spiro atoms. The second-order valence-electron chi connectivity index (χ2n) is 4.27. The lowest BCUT2D eigenvalue weighted by Crippen LogP contribution is -2.28. The molecule has 0 heterocycles. The summed E-state index contributed by atoms with van der Waals surface area (Å²) in [6.45, 7) is 2.60. The highest BCUT2D eigenvalue weighted by atomic mass is 79.9. The van der Waals surface area contributed by atoms with Crippen molar-refractivity contribution in [2.75, 3.05) is 18.1 Å². The molecule has 1 rings (SSSR count). The topological polar surface area (TPSA) is 63.2 Å². The minimum Gasteiger partial charge on any atom is -0.352 e. The van der Waals surface area contributed by atoms with Crippen molar-refractivity contribution in [2.45, 2.75) is 11.8 Å². The molecule has 4 nitrogen and oxygen atoms in total. The Balaban J connectivity index is 2.71. The van der Waals surface area contributed by atoms with Gasteiger partial charge in [0.05, 0.1) is 4.90 Å². The van der Waals surface area contributed by atoms with Crippen LogP contribution in [0.25, 0.3) is 0 Å². The van der Waals surface area contributed by atoms with Gasteiger partial charge in [-0.25, -0.2) is 8.42 Å². The Labute approximate surface area is 116 Å². The number of hydrogen-bond donors (Lipinski definition) is 1. The molecule has 0 aliphatic carbocycles. The van der Waals surface area contributed by atoms with Gasteiger partial charge in [0, 0.05) is 23.7 Å². The highest BCUT2D eigenvalue weighted by Crippen LogP contribution is 2.10. The van der Waals surface area contributed by atoms with E-state index in [4.69, 9.17) is 0 Å². The Hall–Kier alpha value is -0.880. The Morgan fingerprint density at radius 2 is 1.89 bits per heavy atom. The highest BCUT2D eigenvalue weighted by Gasteiger charge is 2.10. The number of benzene rings is 1. The quantitative estimate of drug-likeness (QED) is 0.836. The van der Waals surface area contributed by atoms with Crippen molar-refractivity contribution in [3.05, 3.63) is 29.8 Å². The van der Waals surface area contributed by atoms with E-state index < -0.39 is 9.84 Å². The fourth-order valence-corrected chi connectivity index (χ4v) is 2.14. The summed E-state index contributed by atoms with van der Waals surface area (Å²) in [5, 5.41) is 3.61. The van der Waals surface area contributed by atoms with Crippen molar-refractivity contribution >= 4 is 31.7 Å². The van der Waals surface area contributed by atoms with Gasteiger partial charge in [-0.2, -0.15) is 0 Å². The van der Waals surface area contributed by atoms with Crippen LogP contribution in [0.4, 0.5) is 0 Å². The summed E-state index contributed by atoms with van der Waals surface area (Å²) < 4.78 is 22.5. The molecular weight excluding hydrogens is 318 g/mol. The monoisotopic (exact) mass is 333 g/mol. The summed E-state index contributed by atoms with van der Waals surface area (Å²) in [7, 11) is -3.21. The van der Waals surface area contributed by atoms with E-state index in [1.165, 1.54) is 24.3 Å². The van der Waals surface area contributed by atoms with Crippen LogP contribution in [0.3, 0.4) is 0 Å². The normalized spacial score (nSPS) is 13.1. The molecule has 1 unspecified atom stereocenters. The van der Waals surface area contributed by atoms with Gasteiger partial charge in [-0.1, -0.05) is 22.9 Å². The molecule has 1 aromatic rings.